The fraction of sp³-hybridized carbons (Fsp3) is 0. The van der Waals surface area contributed by atoms with Gasteiger partial charge in [0.05, 0.1) is 21.3 Å². The summed E-state index contributed by atoms with van der Waals surface area (Å²) < 4.78 is 0. The average molecular weight is 382 g/mol. The standard InChI is InChI=1S/C22H14N4O3/c27-22-16-5-1-2-7-18(16)24-21(25-22)17-6-3-4-14-12-19(23-20(14)17)13-8-10-15(11-9-13)26(28)29/h1-12,23H,(H,24,25,27). The Labute approximate surface area is 163 Å². The predicted octanol–water partition coefficient (Wildman–Crippen LogP) is 4.65. The molecule has 0 saturated carbocycles. The average Bonchev–Trinajstić information content (AvgIpc) is 3.18. The summed E-state index contributed by atoms with van der Waals surface area (Å²) in [5.74, 6) is 0.483. The molecular weight excluding hydrogens is 368 g/mol. The molecular formula is C22H14N4O3. The molecule has 2 heterocycles. The van der Waals surface area contributed by atoms with Crippen LogP contribution in [0.25, 0.3) is 44.5 Å². The zero-order chi connectivity index (χ0) is 20.0. The van der Waals surface area contributed by atoms with Crippen molar-refractivity contribution in [2.75, 3.05) is 0 Å². The van der Waals surface area contributed by atoms with E-state index in [0.717, 1.165) is 27.7 Å². The number of benzene rings is 3. The number of fused-ring (bicyclic) bond motifs is 2. The van der Waals surface area contributed by atoms with Gasteiger partial charge in [-0.2, -0.15) is 0 Å². The van der Waals surface area contributed by atoms with Crippen LogP contribution in [0.4, 0.5) is 5.69 Å². The highest BCUT2D eigenvalue weighted by atomic mass is 16.6. The largest absolute Gasteiger partial charge is 0.354 e. The molecule has 140 valence electrons. The first-order chi connectivity index (χ1) is 14.1. The van der Waals surface area contributed by atoms with E-state index in [-0.39, 0.29) is 11.2 Å². The first-order valence-electron chi connectivity index (χ1n) is 8.96. The molecule has 0 fully saturated rings. The van der Waals surface area contributed by atoms with E-state index in [1.54, 1.807) is 24.3 Å². The van der Waals surface area contributed by atoms with Crippen LogP contribution in [0.5, 0.6) is 0 Å². The molecule has 0 spiro atoms. The van der Waals surface area contributed by atoms with E-state index in [0.29, 0.717) is 16.7 Å². The highest BCUT2D eigenvalue weighted by Gasteiger charge is 2.13. The number of aromatic amines is 2. The Morgan fingerprint density at radius 3 is 2.48 bits per heavy atom. The molecule has 0 aliphatic heterocycles. The van der Waals surface area contributed by atoms with Crippen molar-refractivity contribution in [3.63, 3.8) is 0 Å². The van der Waals surface area contributed by atoms with Gasteiger partial charge in [-0.05, 0) is 42.0 Å². The van der Waals surface area contributed by atoms with Gasteiger partial charge in [-0.15, -0.1) is 0 Å². The van der Waals surface area contributed by atoms with Gasteiger partial charge < -0.3 is 9.97 Å². The zero-order valence-electron chi connectivity index (χ0n) is 15.0. The Morgan fingerprint density at radius 1 is 0.897 bits per heavy atom. The van der Waals surface area contributed by atoms with Gasteiger partial charge in [0.15, 0.2) is 0 Å². The molecule has 0 radical (unpaired) electrons. The van der Waals surface area contributed by atoms with Crippen LogP contribution in [-0.2, 0) is 0 Å². The summed E-state index contributed by atoms with van der Waals surface area (Å²) in [6.07, 6.45) is 0. The molecule has 2 aromatic heterocycles. The lowest BCUT2D eigenvalue weighted by atomic mass is 10.1. The Kier molecular flexibility index (Phi) is 3.74. The second-order valence-electron chi connectivity index (χ2n) is 6.69. The number of hydrogen-bond donors (Lipinski definition) is 2. The summed E-state index contributed by atoms with van der Waals surface area (Å²) in [5.41, 5.74) is 3.75. The topological polar surface area (TPSA) is 105 Å². The number of non-ortho nitro benzene ring substituents is 1. The van der Waals surface area contributed by atoms with Gasteiger partial charge in [-0.1, -0.05) is 24.3 Å². The summed E-state index contributed by atoms with van der Waals surface area (Å²) in [4.78, 5) is 33.8. The maximum absolute atomic E-state index is 12.5. The van der Waals surface area contributed by atoms with Gasteiger partial charge in [-0.3, -0.25) is 14.9 Å². The van der Waals surface area contributed by atoms with E-state index < -0.39 is 4.92 Å². The van der Waals surface area contributed by atoms with Crippen LogP contribution in [-0.4, -0.2) is 19.9 Å². The number of aromatic nitrogens is 3. The molecule has 0 unspecified atom stereocenters. The van der Waals surface area contributed by atoms with Gasteiger partial charge >= 0.3 is 0 Å². The lowest BCUT2D eigenvalue weighted by molar-refractivity contribution is -0.384. The fourth-order valence-corrected chi connectivity index (χ4v) is 3.49. The lowest BCUT2D eigenvalue weighted by Gasteiger charge is -2.05. The summed E-state index contributed by atoms with van der Waals surface area (Å²) in [6, 6.07) is 21.3. The highest BCUT2D eigenvalue weighted by molar-refractivity contribution is 5.96. The Morgan fingerprint density at radius 2 is 1.69 bits per heavy atom. The van der Waals surface area contributed by atoms with E-state index in [1.165, 1.54) is 12.1 Å². The molecule has 7 nitrogen and oxygen atoms in total. The van der Waals surface area contributed by atoms with E-state index in [4.69, 9.17) is 0 Å². The van der Waals surface area contributed by atoms with Crippen LogP contribution in [0.3, 0.4) is 0 Å². The van der Waals surface area contributed by atoms with Crippen LogP contribution in [0.1, 0.15) is 0 Å². The smallest absolute Gasteiger partial charge is 0.269 e. The van der Waals surface area contributed by atoms with Gasteiger partial charge in [0.25, 0.3) is 11.2 Å². The minimum atomic E-state index is -0.422. The van der Waals surface area contributed by atoms with Gasteiger partial charge in [0.2, 0.25) is 0 Å². The van der Waals surface area contributed by atoms with Crippen molar-refractivity contribution in [2.45, 2.75) is 0 Å². The monoisotopic (exact) mass is 382 g/mol. The first-order valence-corrected chi connectivity index (χ1v) is 8.96. The van der Waals surface area contributed by atoms with Crippen LogP contribution in [0.2, 0.25) is 0 Å². The highest BCUT2D eigenvalue weighted by Crippen LogP contribution is 2.31. The Bertz CT molecular complexity index is 1450. The Hall–Kier alpha value is -4.26. The number of para-hydroxylation sites is 2. The van der Waals surface area contributed by atoms with Crippen molar-refractivity contribution in [1.29, 1.82) is 0 Å². The van der Waals surface area contributed by atoms with Crippen molar-refractivity contribution in [2.24, 2.45) is 0 Å². The Balaban J connectivity index is 1.66. The molecule has 29 heavy (non-hydrogen) atoms. The number of nitro groups is 1. The minimum absolute atomic E-state index is 0.0449. The number of nitrogens with one attached hydrogen (secondary N) is 2. The van der Waals surface area contributed by atoms with E-state index in [2.05, 4.69) is 15.0 Å². The van der Waals surface area contributed by atoms with E-state index >= 15 is 0 Å². The third kappa shape index (κ3) is 2.85. The van der Waals surface area contributed by atoms with Crippen molar-refractivity contribution in [1.82, 2.24) is 15.0 Å². The van der Waals surface area contributed by atoms with Crippen LogP contribution >= 0.6 is 0 Å². The van der Waals surface area contributed by atoms with Crippen molar-refractivity contribution < 1.29 is 4.92 Å². The summed E-state index contributed by atoms with van der Waals surface area (Å²) >= 11 is 0. The predicted molar refractivity (Wildman–Crippen MR) is 112 cm³/mol. The number of nitro benzene ring substituents is 1. The third-order valence-corrected chi connectivity index (χ3v) is 4.91. The molecule has 2 N–H and O–H groups in total. The summed E-state index contributed by atoms with van der Waals surface area (Å²) in [5, 5.41) is 12.4. The van der Waals surface area contributed by atoms with Gasteiger partial charge in [0, 0.05) is 28.8 Å². The SMILES string of the molecule is O=c1[nH]c(-c2cccc3cc(-c4ccc([N+](=O)[O-])cc4)[nH]c23)nc2ccccc12. The summed E-state index contributed by atoms with van der Waals surface area (Å²) in [7, 11) is 0. The van der Waals surface area contributed by atoms with Crippen molar-refractivity contribution >= 4 is 27.5 Å². The molecule has 0 saturated heterocycles. The van der Waals surface area contributed by atoms with Crippen LogP contribution < -0.4 is 5.56 Å². The quantitative estimate of drug-likeness (QED) is 0.350. The molecule has 0 aliphatic rings. The fourth-order valence-electron chi connectivity index (χ4n) is 3.49. The second-order valence-corrected chi connectivity index (χ2v) is 6.69. The van der Waals surface area contributed by atoms with Crippen LogP contribution in [0.15, 0.2) is 77.6 Å². The van der Waals surface area contributed by atoms with Crippen LogP contribution in [0, 0.1) is 10.1 Å². The number of hydrogen-bond acceptors (Lipinski definition) is 4. The van der Waals surface area contributed by atoms with E-state index in [9.17, 15) is 14.9 Å². The molecule has 5 aromatic rings. The lowest BCUT2D eigenvalue weighted by Crippen LogP contribution is -2.09. The van der Waals surface area contributed by atoms with Gasteiger partial charge in [-0.25, -0.2) is 4.98 Å². The van der Waals surface area contributed by atoms with Crippen molar-refractivity contribution in [3.05, 3.63) is 93.3 Å². The molecule has 0 atom stereocenters. The summed E-state index contributed by atoms with van der Waals surface area (Å²) in [6.45, 7) is 0. The number of H-pyrrole nitrogens is 2. The molecule has 0 aliphatic carbocycles. The molecule has 7 heteroatoms. The first kappa shape index (κ1) is 16.9. The van der Waals surface area contributed by atoms with Gasteiger partial charge in [0.1, 0.15) is 5.82 Å². The maximum atomic E-state index is 12.5. The molecule has 0 bridgehead atoms. The zero-order valence-corrected chi connectivity index (χ0v) is 15.0. The maximum Gasteiger partial charge on any atom is 0.269 e. The molecule has 0 amide bonds. The second kappa shape index (κ2) is 6.42. The number of rotatable bonds is 3. The molecule has 3 aromatic carbocycles. The number of nitrogens with zero attached hydrogens (tertiary/aromatic N) is 2. The van der Waals surface area contributed by atoms with E-state index in [1.807, 2.05) is 36.4 Å². The minimum Gasteiger partial charge on any atom is -0.354 e. The normalized spacial score (nSPS) is 11.2. The third-order valence-electron chi connectivity index (χ3n) is 4.91. The molecule has 5 rings (SSSR count). The van der Waals surface area contributed by atoms with Crippen molar-refractivity contribution in [3.8, 4) is 22.6 Å².